The van der Waals surface area contributed by atoms with Gasteiger partial charge in [-0.1, -0.05) is 54.6 Å². The van der Waals surface area contributed by atoms with Crippen molar-refractivity contribution in [3.05, 3.63) is 82.9 Å². The number of rotatable bonds is 2. The van der Waals surface area contributed by atoms with Crippen LogP contribution in [-0.2, 0) is 19.4 Å². The Balaban J connectivity index is 0.00000180. The van der Waals surface area contributed by atoms with Crippen LogP contribution in [0.2, 0.25) is 0 Å². The third-order valence-electron chi connectivity index (χ3n) is 5.79. The summed E-state index contributed by atoms with van der Waals surface area (Å²) in [7, 11) is 0. The van der Waals surface area contributed by atoms with Crippen LogP contribution in [-0.4, -0.2) is 21.7 Å². The first-order chi connectivity index (χ1) is 12.7. The molecule has 3 aromatic rings. The Morgan fingerprint density at radius 2 is 1.70 bits per heavy atom. The molecule has 0 saturated heterocycles. The fraction of sp³-hybridized carbons (Fsp3) is 0.217. The van der Waals surface area contributed by atoms with Crippen LogP contribution in [0.3, 0.4) is 0 Å². The molecule has 3 aromatic carbocycles. The van der Waals surface area contributed by atoms with Gasteiger partial charge in [-0.25, -0.2) is 0 Å². The molecule has 0 amide bonds. The first-order valence-electron chi connectivity index (χ1n) is 9.16. The average Bonchev–Trinajstić information content (AvgIpc) is 2.68. The van der Waals surface area contributed by atoms with Crippen molar-refractivity contribution in [2.75, 3.05) is 6.54 Å². The van der Waals surface area contributed by atoms with Gasteiger partial charge in [0.1, 0.15) is 0 Å². The van der Waals surface area contributed by atoms with E-state index in [1.165, 1.54) is 16.7 Å². The highest BCUT2D eigenvalue weighted by atomic mass is 35.5. The molecule has 4 heteroatoms. The summed E-state index contributed by atoms with van der Waals surface area (Å²) in [5.74, 6) is -0.0358. The lowest BCUT2D eigenvalue weighted by Crippen LogP contribution is -2.38. The number of nitrogens with zero attached hydrogens (tertiary/aromatic N) is 1. The van der Waals surface area contributed by atoms with Crippen molar-refractivity contribution in [2.45, 2.75) is 25.4 Å². The molecule has 138 valence electrons. The summed E-state index contributed by atoms with van der Waals surface area (Å²) in [6.45, 7) is 1.97. The van der Waals surface area contributed by atoms with Crippen molar-refractivity contribution < 1.29 is 10.2 Å². The predicted molar refractivity (Wildman–Crippen MR) is 109 cm³/mol. The van der Waals surface area contributed by atoms with Crippen LogP contribution >= 0.6 is 12.4 Å². The van der Waals surface area contributed by atoms with Gasteiger partial charge in [0, 0.05) is 24.7 Å². The molecule has 0 bridgehead atoms. The zero-order valence-corrected chi connectivity index (χ0v) is 15.7. The second kappa shape index (κ2) is 6.91. The smallest absolute Gasteiger partial charge is 0.165 e. The highest BCUT2D eigenvalue weighted by Crippen LogP contribution is 2.50. The second-order valence-corrected chi connectivity index (χ2v) is 7.27. The van der Waals surface area contributed by atoms with E-state index in [0.29, 0.717) is 6.04 Å². The second-order valence-electron chi connectivity index (χ2n) is 7.27. The van der Waals surface area contributed by atoms with Gasteiger partial charge in [-0.2, -0.15) is 0 Å². The van der Waals surface area contributed by atoms with E-state index in [1.807, 2.05) is 6.07 Å². The molecule has 0 saturated carbocycles. The number of benzene rings is 3. The quantitative estimate of drug-likeness (QED) is 0.626. The van der Waals surface area contributed by atoms with Crippen LogP contribution in [0.25, 0.3) is 11.1 Å². The first-order valence-corrected chi connectivity index (χ1v) is 9.16. The molecular weight excluding hydrogens is 358 g/mol. The van der Waals surface area contributed by atoms with Crippen molar-refractivity contribution in [3.8, 4) is 22.6 Å². The molecule has 1 heterocycles. The molecule has 0 fully saturated rings. The summed E-state index contributed by atoms with van der Waals surface area (Å²) in [6, 6.07) is 20.8. The number of aromatic hydroxyl groups is 2. The third-order valence-corrected chi connectivity index (χ3v) is 5.79. The summed E-state index contributed by atoms with van der Waals surface area (Å²) in [5, 5.41) is 20.5. The average molecular weight is 380 g/mol. The molecule has 2 N–H and O–H groups in total. The van der Waals surface area contributed by atoms with Crippen molar-refractivity contribution in [3.63, 3.8) is 0 Å². The van der Waals surface area contributed by atoms with Gasteiger partial charge in [0.25, 0.3) is 0 Å². The monoisotopic (exact) mass is 379 g/mol. The van der Waals surface area contributed by atoms with E-state index < -0.39 is 0 Å². The lowest BCUT2D eigenvalue weighted by molar-refractivity contribution is 0.173. The summed E-state index contributed by atoms with van der Waals surface area (Å²) in [5.41, 5.74) is 7.00. The molecule has 1 aliphatic heterocycles. The topological polar surface area (TPSA) is 43.7 Å². The number of halogens is 1. The van der Waals surface area contributed by atoms with Gasteiger partial charge in [0.15, 0.2) is 11.5 Å². The van der Waals surface area contributed by atoms with Crippen LogP contribution < -0.4 is 0 Å². The van der Waals surface area contributed by atoms with Gasteiger partial charge in [-0.05, 0) is 46.7 Å². The fourth-order valence-corrected chi connectivity index (χ4v) is 4.58. The number of hydrogen-bond acceptors (Lipinski definition) is 3. The van der Waals surface area contributed by atoms with E-state index in [1.54, 1.807) is 6.07 Å². The highest BCUT2D eigenvalue weighted by molar-refractivity contribution is 5.85. The molecule has 3 nitrogen and oxygen atoms in total. The lowest BCUT2D eigenvalue weighted by Gasteiger charge is -2.41. The summed E-state index contributed by atoms with van der Waals surface area (Å²) in [4.78, 5) is 2.55. The van der Waals surface area contributed by atoms with E-state index in [-0.39, 0.29) is 23.9 Å². The van der Waals surface area contributed by atoms with E-state index in [4.69, 9.17) is 0 Å². The number of hydrogen-bond donors (Lipinski definition) is 2. The van der Waals surface area contributed by atoms with Crippen molar-refractivity contribution >= 4 is 12.4 Å². The van der Waals surface area contributed by atoms with Crippen LogP contribution in [0.15, 0.2) is 60.7 Å². The molecule has 1 atom stereocenters. The number of phenols is 2. The molecule has 0 unspecified atom stereocenters. The van der Waals surface area contributed by atoms with Gasteiger partial charge < -0.3 is 10.2 Å². The standard InChI is InChI=1S/C23H21NO2.ClH/c25-20-10-9-17-13-19-21-16(7-4-8-18(21)22(17)23(20)26)11-12-24(19)14-15-5-2-1-3-6-15;/h1-10,19,25-26H,11-14H2;1H/t19-;/m1./s1. The van der Waals surface area contributed by atoms with Crippen LogP contribution in [0.1, 0.15) is 28.3 Å². The Morgan fingerprint density at radius 1 is 0.889 bits per heavy atom. The number of phenolic OH excluding ortho intramolecular Hbond substituents is 2. The minimum atomic E-state index is -0.0447. The summed E-state index contributed by atoms with van der Waals surface area (Å²) in [6.07, 6.45) is 1.88. The van der Waals surface area contributed by atoms with Gasteiger partial charge in [0.05, 0.1) is 0 Å². The molecule has 0 radical (unpaired) electrons. The van der Waals surface area contributed by atoms with E-state index >= 15 is 0 Å². The maximum atomic E-state index is 10.5. The molecule has 27 heavy (non-hydrogen) atoms. The Bertz CT molecular complexity index is 987. The zero-order valence-electron chi connectivity index (χ0n) is 14.9. The normalized spacial score (nSPS) is 17.6. The summed E-state index contributed by atoms with van der Waals surface area (Å²) >= 11 is 0. The Kier molecular flexibility index (Phi) is 4.58. The van der Waals surface area contributed by atoms with E-state index in [9.17, 15) is 10.2 Å². The minimum absolute atomic E-state index is 0. The molecular formula is C23H22ClNO2. The van der Waals surface area contributed by atoms with Crippen LogP contribution in [0.4, 0.5) is 0 Å². The Morgan fingerprint density at radius 3 is 2.52 bits per heavy atom. The van der Waals surface area contributed by atoms with Gasteiger partial charge in [0.2, 0.25) is 0 Å². The third kappa shape index (κ3) is 2.88. The first kappa shape index (κ1) is 17.9. The molecule has 5 rings (SSSR count). The van der Waals surface area contributed by atoms with Gasteiger partial charge >= 0.3 is 0 Å². The van der Waals surface area contributed by atoms with Crippen molar-refractivity contribution in [1.29, 1.82) is 0 Å². The van der Waals surface area contributed by atoms with Crippen molar-refractivity contribution in [1.82, 2.24) is 4.90 Å². The van der Waals surface area contributed by atoms with E-state index in [0.717, 1.165) is 42.6 Å². The van der Waals surface area contributed by atoms with Gasteiger partial charge in [-0.3, -0.25) is 4.90 Å². The Labute approximate surface area is 165 Å². The molecule has 1 aliphatic carbocycles. The minimum Gasteiger partial charge on any atom is -0.504 e. The van der Waals surface area contributed by atoms with Crippen LogP contribution in [0, 0.1) is 0 Å². The maximum Gasteiger partial charge on any atom is 0.165 e. The zero-order chi connectivity index (χ0) is 17.7. The Hall–Kier alpha value is -2.49. The SMILES string of the molecule is Cl.Oc1ccc2c(c1O)-c1cccc3c1[C@@H](C2)N(Cc1ccccc1)CC3. The fourth-order valence-electron chi connectivity index (χ4n) is 4.58. The molecule has 0 aromatic heterocycles. The lowest BCUT2D eigenvalue weighted by atomic mass is 9.76. The summed E-state index contributed by atoms with van der Waals surface area (Å²) < 4.78 is 0. The maximum absolute atomic E-state index is 10.5. The number of fused-ring (bicyclic) bond motifs is 2. The predicted octanol–water partition coefficient (Wildman–Crippen LogP) is 4.84. The van der Waals surface area contributed by atoms with Gasteiger partial charge in [-0.15, -0.1) is 12.4 Å². The van der Waals surface area contributed by atoms with Crippen molar-refractivity contribution in [2.24, 2.45) is 0 Å². The largest absolute Gasteiger partial charge is 0.504 e. The molecule has 0 spiro atoms. The van der Waals surface area contributed by atoms with E-state index in [2.05, 4.69) is 53.4 Å². The molecule has 2 aliphatic rings. The highest BCUT2D eigenvalue weighted by Gasteiger charge is 2.35. The van der Waals surface area contributed by atoms with Crippen LogP contribution in [0.5, 0.6) is 11.5 Å².